The number of carbonyl (C=O) groups excluding carboxylic acids is 1. The fourth-order valence-corrected chi connectivity index (χ4v) is 1.26. The third-order valence-corrected chi connectivity index (χ3v) is 2.09. The zero-order valence-electron chi connectivity index (χ0n) is 10.1. The van der Waals surface area contributed by atoms with Crippen LogP contribution in [0.25, 0.3) is 0 Å². The lowest BCUT2D eigenvalue weighted by Gasteiger charge is -2.07. The molecule has 0 spiro atoms. The Kier molecular flexibility index (Phi) is 5.50. The highest BCUT2D eigenvalue weighted by Gasteiger charge is 2.04. The second-order valence-corrected chi connectivity index (χ2v) is 3.63. The van der Waals surface area contributed by atoms with Gasteiger partial charge in [-0.15, -0.1) is 0 Å². The van der Waals surface area contributed by atoms with Crippen molar-refractivity contribution in [3.8, 4) is 0 Å². The highest BCUT2D eigenvalue weighted by Crippen LogP contribution is 2.15. The van der Waals surface area contributed by atoms with E-state index in [2.05, 4.69) is 10.6 Å². The molecule has 0 aromatic heterocycles. The van der Waals surface area contributed by atoms with Crippen LogP contribution in [0.4, 0.5) is 21.0 Å². The summed E-state index contributed by atoms with van der Waals surface area (Å²) in [5, 5.41) is 13.3. The maximum absolute atomic E-state index is 11.4. The van der Waals surface area contributed by atoms with Crippen molar-refractivity contribution in [1.29, 1.82) is 0 Å². The van der Waals surface area contributed by atoms with Crippen molar-refractivity contribution in [2.75, 3.05) is 17.2 Å². The average molecular weight is 252 g/mol. The van der Waals surface area contributed by atoms with Crippen LogP contribution in [0.5, 0.6) is 0 Å². The van der Waals surface area contributed by atoms with E-state index in [1.165, 1.54) is 6.07 Å². The predicted octanol–water partition coefficient (Wildman–Crippen LogP) is 3.13. The van der Waals surface area contributed by atoms with Crippen LogP contribution in [0.2, 0.25) is 0 Å². The normalized spacial score (nSPS) is 9.61. The summed E-state index contributed by atoms with van der Waals surface area (Å²) in [7, 11) is 0. The molecule has 18 heavy (non-hydrogen) atoms. The van der Waals surface area contributed by atoms with Gasteiger partial charge in [0.05, 0.1) is 6.61 Å². The quantitative estimate of drug-likeness (QED) is 0.702. The summed E-state index contributed by atoms with van der Waals surface area (Å²) in [6.45, 7) is 2.37. The monoisotopic (exact) mass is 252 g/mol. The molecule has 6 heteroatoms. The fraction of sp³-hybridized carbons (Fsp3) is 0.333. The van der Waals surface area contributed by atoms with Crippen LogP contribution in [0.15, 0.2) is 24.3 Å². The number of amides is 2. The van der Waals surface area contributed by atoms with E-state index < -0.39 is 12.2 Å². The number of anilines is 2. The Hall–Kier alpha value is -2.24. The molecule has 3 N–H and O–H groups in total. The Balaban J connectivity index is 2.51. The molecule has 0 aliphatic rings. The number of nitrogens with one attached hydrogen (secondary N) is 2. The molecule has 0 fully saturated rings. The molecular formula is C12H16N2O4. The van der Waals surface area contributed by atoms with E-state index in [4.69, 9.17) is 9.84 Å². The number of unbranched alkanes of at least 4 members (excludes halogenated alkanes) is 1. The van der Waals surface area contributed by atoms with Crippen LogP contribution in [-0.2, 0) is 4.74 Å². The van der Waals surface area contributed by atoms with E-state index in [0.717, 1.165) is 12.8 Å². The van der Waals surface area contributed by atoms with E-state index >= 15 is 0 Å². The highest BCUT2D eigenvalue weighted by atomic mass is 16.5. The number of benzene rings is 1. The van der Waals surface area contributed by atoms with Gasteiger partial charge in [-0.25, -0.2) is 9.59 Å². The van der Waals surface area contributed by atoms with Gasteiger partial charge in [-0.1, -0.05) is 19.4 Å². The van der Waals surface area contributed by atoms with E-state index in [1.54, 1.807) is 18.2 Å². The number of hydrogen-bond donors (Lipinski definition) is 3. The van der Waals surface area contributed by atoms with Crippen LogP contribution in [0.1, 0.15) is 19.8 Å². The van der Waals surface area contributed by atoms with E-state index in [-0.39, 0.29) is 0 Å². The summed E-state index contributed by atoms with van der Waals surface area (Å²) in [6, 6.07) is 6.37. The molecule has 0 aliphatic heterocycles. The van der Waals surface area contributed by atoms with Gasteiger partial charge in [0.2, 0.25) is 0 Å². The van der Waals surface area contributed by atoms with E-state index in [0.29, 0.717) is 18.0 Å². The summed E-state index contributed by atoms with van der Waals surface area (Å²) in [5.74, 6) is 0. The standard InChI is InChI=1S/C12H16N2O4/c1-2-3-7-18-12(17)14-10-6-4-5-9(8-10)13-11(15)16/h4-6,8,13H,2-3,7H2,1H3,(H,14,17)(H,15,16). The third kappa shape index (κ3) is 5.20. The number of hydrogen-bond acceptors (Lipinski definition) is 3. The zero-order chi connectivity index (χ0) is 13.4. The maximum atomic E-state index is 11.4. The van der Waals surface area contributed by atoms with Crippen molar-refractivity contribution in [2.45, 2.75) is 19.8 Å². The van der Waals surface area contributed by atoms with E-state index in [9.17, 15) is 9.59 Å². The molecule has 2 amide bonds. The van der Waals surface area contributed by atoms with Gasteiger partial charge in [-0.3, -0.25) is 10.6 Å². The molecule has 0 saturated heterocycles. The molecule has 0 heterocycles. The van der Waals surface area contributed by atoms with Gasteiger partial charge >= 0.3 is 12.2 Å². The first-order valence-corrected chi connectivity index (χ1v) is 5.65. The first-order valence-electron chi connectivity index (χ1n) is 5.65. The van der Waals surface area contributed by atoms with Crippen molar-refractivity contribution in [3.63, 3.8) is 0 Å². The van der Waals surface area contributed by atoms with Gasteiger partial charge in [0.15, 0.2) is 0 Å². The van der Waals surface area contributed by atoms with Crippen LogP contribution in [-0.4, -0.2) is 23.9 Å². The Morgan fingerprint density at radius 2 is 1.94 bits per heavy atom. The molecule has 6 nitrogen and oxygen atoms in total. The van der Waals surface area contributed by atoms with Gasteiger partial charge in [-0.05, 0) is 24.6 Å². The first-order chi connectivity index (χ1) is 8.61. The van der Waals surface area contributed by atoms with Gasteiger partial charge in [-0.2, -0.15) is 0 Å². The molecule has 0 radical (unpaired) electrons. The predicted molar refractivity (Wildman–Crippen MR) is 68.0 cm³/mol. The number of ether oxygens (including phenoxy) is 1. The fourth-order valence-electron chi connectivity index (χ4n) is 1.26. The minimum atomic E-state index is -1.15. The Bertz CT molecular complexity index is 420. The summed E-state index contributed by atoms with van der Waals surface area (Å²) in [5.41, 5.74) is 0.858. The van der Waals surface area contributed by atoms with Crippen LogP contribution >= 0.6 is 0 Å². The smallest absolute Gasteiger partial charge is 0.411 e. The lowest BCUT2D eigenvalue weighted by atomic mass is 10.3. The van der Waals surface area contributed by atoms with Crippen LogP contribution in [0, 0.1) is 0 Å². The van der Waals surface area contributed by atoms with Gasteiger partial charge < -0.3 is 9.84 Å². The second kappa shape index (κ2) is 7.16. The summed E-state index contributed by atoms with van der Waals surface area (Å²) < 4.78 is 4.92. The number of carbonyl (C=O) groups is 2. The summed E-state index contributed by atoms with van der Waals surface area (Å²) in [6.07, 6.45) is 0.0628. The van der Waals surface area contributed by atoms with Crippen molar-refractivity contribution in [1.82, 2.24) is 0 Å². The lowest BCUT2D eigenvalue weighted by molar-refractivity contribution is 0.160. The molecule has 1 aromatic carbocycles. The molecule has 1 aromatic rings. The zero-order valence-corrected chi connectivity index (χ0v) is 10.1. The van der Waals surface area contributed by atoms with Gasteiger partial charge in [0, 0.05) is 11.4 Å². The maximum Gasteiger partial charge on any atom is 0.411 e. The molecule has 0 bridgehead atoms. The average Bonchev–Trinajstić information content (AvgIpc) is 2.28. The largest absolute Gasteiger partial charge is 0.465 e. The molecular weight excluding hydrogens is 236 g/mol. The SMILES string of the molecule is CCCCOC(=O)Nc1cccc(NC(=O)O)c1. The molecule has 1 rings (SSSR count). The summed E-state index contributed by atoms with van der Waals surface area (Å²) >= 11 is 0. The summed E-state index contributed by atoms with van der Waals surface area (Å²) in [4.78, 5) is 21.8. The molecule has 0 aliphatic carbocycles. The number of carboxylic acid groups (broad SMARTS) is 1. The molecule has 0 atom stereocenters. The van der Waals surface area contributed by atoms with Crippen LogP contribution in [0.3, 0.4) is 0 Å². The van der Waals surface area contributed by atoms with Gasteiger partial charge in [0.25, 0.3) is 0 Å². The Morgan fingerprint density at radius 1 is 1.28 bits per heavy atom. The van der Waals surface area contributed by atoms with Gasteiger partial charge in [0.1, 0.15) is 0 Å². The number of rotatable bonds is 5. The van der Waals surface area contributed by atoms with Crippen molar-refractivity contribution in [3.05, 3.63) is 24.3 Å². The minimum Gasteiger partial charge on any atom is -0.465 e. The highest BCUT2D eigenvalue weighted by molar-refractivity contribution is 5.88. The Labute approximate surface area is 105 Å². The van der Waals surface area contributed by atoms with Crippen molar-refractivity contribution in [2.24, 2.45) is 0 Å². The molecule has 98 valence electrons. The van der Waals surface area contributed by atoms with E-state index in [1.807, 2.05) is 6.92 Å². The van der Waals surface area contributed by atoms with Crippen molar-refractivity contribution >= 4 is 23.6 Å². The lowest BCUT2D eigenvalue weighted by Crippen LogP contribution is -2.14. The van der Waals surface area contributed by atoms with Crippen molar-refractivity contribution < 1.29 is 19.4 Å². The Morgan fingerprint density at radius 3 is 2.56 bits per heavy atom. The molecule has 0 saturated carbocycles. The topological polar surface area (TPSA) is 87.7 Å². The second-order valence-electron chi connectivity index (χ2n) is 3.63. The third-order valence-electron chi connectivity index (χ3n) is 2.09. The minimum absolute atomic E-state index is 0.370. The first kappa shape index (κ1) is 13.8. The molecule has 0 unspecified atom stereocenters. The van der Waals surface area contributed by atoms with Crippen LogP contribution < -0.4 is 10.6 Å².